The van der Waals surface area contributed by atoms with Gasteiger partial charge in [-0.05, 0) is 34.8 Å². The van der Waals surface area contributed by atoms with E-state index in [0.717, 1.165) is 24.3 Å². The molecule has 1 aromatic carbocycles. The summed E-state index contributed by atoms with van der Waals surface area (Å²) < 4.78 is 0. The topological polar surface area (TPSA) is 0 Å². The summed E-state index contributed by atoms with van der Waals surface area (Å²) in [5.41, 5.74) is 2.82. The molecule has 0 unspecified atom stereocenters. The molecule has 0 spiro atoms. The fourth-order valence-electron chi connectivity index (χ4n) is 1.39. The first-order valence-corrected chi connectivity index (χ1v) is 7.49. The molecule has 2 heteroatoms. The molecule has 0 nitrogen and oxygen atoms in total. The summed E-state index contributed by atoms with van der Waals surface area (Å²) in [5.74, 6) is 2.24. The molecule has 0 aliphatic carbocycles. The molecule has 0 heterocycles. The lowest BCUT2D eigenvalue weighted by Crippen LogP contribution is -1.91. The first-order valence-electron chi connectivity index (χ1n) is 5.39. The summed E-state index contributed by atoms with van der Waals surface area (Å²) in [6, 6.07) is 8.93. The molecule has 86 valence electrons. The molecule has 0 saturated heterocycles. The van der Waals surface area contributed by atoms with E-state index >= 15 is 0 Å². The van der Waals surface area contributed by atoms with Gasteiger partial charge in [0.05, 0.1) is 0 Å². The molecule has 0 amide bonds. The van der Waals surface area contributed by atoms with E-state index in [0.29, 0.717) is 0 Å². The van der Waals surface area contributed by atoms with Crippen molar-refractivity contribution in [2.45, 2.75) is 12.8 Å². The van der Waals surface area contributed by atoms with E-state index in [1.54, 1.807) is 23.5 Å². The number of hydrogen-bond donors (Lipinski definition) is 0. The summed E-state index contributed by atoms with van der Waals surface area (Å²) in [5, 5.41) is 3.81. The minimum Gasteiger partial charge on any atom is -0.134 e. The number of aryl methyl sites for hydroxylation is 2. The Morgan fingerprint density at radius 2 is 1.19 bits per heavy atom. The van der Waals surface area contributed by atoms with Crippen LogP contribution in [-0.4, -0.2) is 11.5 Å². The standard InChI is InChI=1S/C14H18S2/c1-3-15-11-9-13-5-7-14(8-6-13)10-12-16-4-2/h3-8H,1-2,9-12H2. The predicted molar refractivity (Wildman–Crippen MR) is 79.2 cm³/mol. The van der Waals surface area contributed by atoms with Crippen molar-refractivity contribution >= 4 is 23.5 Å². The van der Waals surface area contributed by atoms with E-state index in [1.807, 2.05) is 10.8 Å². The SMILES string of the molecule is C=CSCCc1ccc(CCSC=C)cc1. The van der Waals surface area contributed by atoms with E-state index in [9.17, 15) is 0 Å². The second-order valence-electron chi connectivity index (χ2n) is 3.39. The van der Waals surface area contributed by atoms with Crippen LogP contribution in [0, 0.1) is 0 Å². The lowest BCUT2D eigenvalue weighted by atomic mass is 10.1. The molecular weight excluding hydrogens is 232 g/mol. The van der Waals surface area contributed by atoms with E-state index in [2.05, 4.69) is 37.4 Å². The maximum atomic E-state index is 3.70. The summed E-state index contributed by atoms with van der Waals surface area (Å²) in [6.07, 6.45) is 2.25. The van der Waals surface area contributed by atoms with E-state index in [4.69, 9.17) is 0 Å². The monoisotopic (exact) mass is 250 g/mol. The van der Waals surface area contributed by atoms with Crippen LogP contribution in [0.2, 0.25) is 0 Å². The van der Waals surface area contributed by atoms with Crippen molar-refractivity contribution in [1.82, 2.24) is 0 Å². The average Bonchev–Trinajstić information content (AvgIpc) is 2.32. The second kappa shape index (κ2) is 8.54. The van der Waals surface area contributed by atoms with Crippen molar-refractivity contribution in [3.63, 3.8) is 0 Å². The zero-order valence-electron chi connectivity index (χ0n) is 9.52. The lowest BCUT2D eigenvalue weighted by Gasteiger charge is -2.03. The predicted octanol–water partition coefficient (Wildman–Crippen LogP) is 4.53. The minimum absolute atomic E-state index is 1.12. The van der Waals surface area contributed by atoms with Gasteiger partial charge < -0.3 is 0 Å². The van der Waals surface area contributed by atoms with Gasteiger partial charge in [-0.15, -0.1) is 23.5 Å². The first-order chi connectivity index (χ1) is 7.86. The van der Waals surface area contributed by atoms with Gasteiger partial charge in [0.25, 0.3) is 0 Å². The second-order valence-corrected chi connectivity index (χ2v) is 5.54. The molecule has 0 atom stereocenters. The van der Waals surface area contributed by atoms with Crippen molar-refractivity contribution in [3.8, 4) is 0 Å². The summed E-state index contributed by atoms with van der Waals surface area (Å²) in [6.45, 7) is 7.40. The molecule has 0 saturated carbocycles. The molecule has 0 aliphatic rings. The fraction of sp³-hybridized carbons (Fsp3) is 0.286. The average molecular weight is 250 g/mol. The molecule has 1 rings (SSSR count). The molecule has 1 aromatic rings. The highest BCUT2D eigenvalue weighted by molar-refractivity contribution is 8.02. The van der Waals surface area contributed by atoms with Crippen molar-refractivity contribution in [2.75, 3.05) is 11.5 Å². The fourth-order valence-corrected chi connectivity index (χ4v) is 2.43. The van der Waals surface area contributed by atoms with Crippen molar-refractivity contribution in [3.05, 3.63) is 59.4 Å². The van der Waals surface area contributed by atoms with Crippen molar-refractivity contribution in [2.24, 2.45) is 0 Å². The van der Waals surface area contributed by atoms with Crippen LogP contribution in [0.15, 0.2) is 48.2 Å². The Labute approximate surface area is 107 Å². The van der Waals surface area contributed by atoms with Crippen LogP contribution in [0.1, 0.15) is 11.1 Å². The van der Waals surface area contributed by atoms with Crippen LogP contribution >= 0.6 is 23.5 Å². The van der Waals surface area contributed by atoms with Gasteiger partial charge in [-0.3, -0.25) is 0 Å². The smallest absolute Gasteiger partial charge is 0.00144 e. The van der Waals surface area contributed by atoms with Gasteiger partial charge in [-0.25, -0.2) is 0 Å². The van der Waals surface area contributed by atoms with Gasteiger partial charge in [-0.2, -0.15) is 0 Å². The van der Waals surface area contributed by atoms with E-state index in [1.165, 1.54) is 11.1 Å². The molecule has 16 heavy (non-hydrogen) atoms. The van der Waals surface area contributed by atoms with Crippen LogP contribution in [-0.2, 0) is 12.8 Å². The summed E-state index contributed by atoms with van der Waals surface area (Å²) in [7, 11) is 0. The number of rotatable bonds is 8. The largest absolute Gasteiger partial charge is 0.134 e. The van der Waals surface area contributed by atoms with Crippen LogP contribution in [0.3, 0.4) is 0 Å². The molecule has 0 aromatic heterocycles. The van der Waals surface area contributed by atoms with Crippen LogP contribution in [0.25, 0.3) is 0 Å². The maximum Gasteiger partial charge on any atom is 0.00144 e. The van der Waals surface area contributed by atoms with Gasteiger partial charge in [0.1, 0.15) is 0 Å². The number of benzene rings is 1. The zero-order chi connectivity index (χ0) is 11.6. The van der Waals surface area contributed by atoms with Gasteiger partial charge in [0, 0.05) is 11.5 Å². The Balaban J connectivity index is 2.35. The molecule has 0 radical (unpaired) electrons. The summed E-state index contributed by atoms with van der Waals surface area (Å²) in [4.78, 5) is 0. The van der Waals surface area contributed by atoms with Crippen LogP contribution in [0.5, 0.6) is 0 Å². The third-order valence-corrected chi connectivity index (χ3v) is 3.63. The Morgan fingerprint density at radius 1 is 0.812 bits per heavy atom. The molecular formula is C14H18S2. The van der Waals surface area contributed by atoms with Gasteiger partial charge in [0.2, 0.25) is 0 Å². The Kier molecular flexibility index (Phi) is 7.19. The lowest BCUT2D eigenvalue weighted by molar-refractivity contribution is 1.12. The van der Waals surface area contributed by atoms with Crippen molar-refractivity contribution < 1.29 is 0 Å². The first kappa shape index (κ1) is 13.5. The highest BCUT2D eigenvalue weighted by Crippen LogP contribution is 2.11. The quantitative estimate of drug-likeness (QED) is 0.622. The third kappa shape index (κ3) is 5.47. The van der Waals surface area contributed by atoms with Gasteiger partial charge in [-0.1, -0.05) is 37.4 Å². The normalized spacial score (nSPS) is 10.0. The Bertz CT molecular complexity index is 281. The molecule has 0 fully saturated rings. The third-order valence-electron chi connectivity index (χ3n) is 2.28. The highest BCUT2D eigenvalue weighted by Gasteiger charge is 1.95. The summed E-state index contributed by atoms with van der Waals surface area (Å²) >= 11 is 3.55. The van der Waals surface area contributed by atoms with E-state index < -0.39 is 0 Å². The maximum absolute atomic E-state index is 3.70. The zero-order valence-corrected chi connectivity index (χ0v) is 11.2. The molecule has 0 N–H and O–H groups in total. The van der Waals surface area contributed by atoms with Crippen LogP contribution in [0.4, 0.5) is 0 Å². The Morgan fingerprint density at radius 3 is 1.50 bits per heavy atom. The Hall–Kier alpha value is -0.600. The van der Waals surface area contributed by atoms with Crippen molar-refractivity contribution in [1.29, 1.82) is 0 Å². The number of thioether (sulfide) groups is 2. The van der Waals surface area contributed by atoms with Gasteiger partial charge in [0.15, 0.2) is 0 Å². The van der Waals surface area contributed by atoms with Crippen LogP contribution < -0.4 is 0 Å². The minimum atomic E-state index is 1.12. The highest BCUT2D eigenvalue weighted by atomic mass is 32.2. The molecule has 0 bridgehead atoms. The molecule has 0 aliphatic heterocycles. The van der Waals surface area contributed by atoms with E-state index in [-0.39, 0.29) is 0 Å². The number of hydrogen-bond acceptors (Lipinski definition) is 2. The van der Waals surface area contributed by atoms with Gasteiger partial charge >= 0.3 is 0 Å².